The Morgan fingerprint density at radius 3 is 2.81 bits per heavy atom. The van der Waals surface area contributed by atoms with Crippen molar-refractivity contribution in [2.45, 2.75) is 39.3 Å². The van der Waals surface area contributed by atoms with E-state index in [2.05, 4.69) is 36.1 Å². The van der Waals surface area contributed by atoms with E-state index in [-0.39, 0.29) is 6.04 Å². The number of hydrogen-bond acceptors (Lipinski definition) is 4. The number of hydrogen-bond donors (Lipinski definition) is 1. The van der Waals surface area contributed by atoms with E-state index in [4.69, 9.17) is 5.73 Å². The summed E-state index contributed by atoms with van der Waals surface area (Å²) in [4.78, 5) is 2.21. The molecule has 0 aliphatic carbocycles. The van der Waals surface area contributed by atoms with Gasteiger partial charge in [0.25, 0.3) is 0 Å². The molecule has 5 heteroatoms. The minimum Gasteiger partial charge on any atom is -0.358 e. The van der Waals surface area contributed by atoms with E-state index < -0.39 is 0 Å². The summed E-state index contributed by atoms with van der Waals surface area (Å²) in [6, 6.07) is 0.00398. The third-order valence-electron chi connectivity index (χ3n) is 3.04. The van der Waals surface area contributed by atoms with Gasteiger partial charge in [-0.05, 0) is 18.8 Å². The predicted octanol–water partition coefficient (Wildman–Crippen LogP) is 1.16. The van der Waals surface area contributed by atoms with Crippen LogP contribution in [0.5, 0.6) is 0 Å². The maximum atomic E-state index is 6.18. The van der Waals surface area contributed by atoms with Crippen LogP contribution in [0.4, 0.5) is 5.82 Å². The van der Waals surface area contributed by atoms with Crippen molar-refractivity contribution in [1.82, 2.24) is 15.0 Å². The minimum absolute atomic E-state index is 0.00398. The van der Waals surface area contributed by atoms with Gasteiger partial charge < -0.3 is 10.6 Å². The molecule has 1 aromatic heterocycles. The van der Waals surface area contributed by atoms with Crippen molar-refractivity contribution < 1.29 is 0 Å². The summed E-state index contributed by atoms with van der Waals surface area (Å²) in [6.07, 6.45) is 2.09. The van der Waals surface area contributed by atoms with Gasteiger partial charge in [0.2, 0.25) is 0 Å². The molecule has 2 rings (SSSR count). The Hall–Kier alpha value is -1.10. The van der Waals surface area contributed by atoms with Gasteiger partial charge in [0.1, 0.15) is 5.69 Å². The molecule has 5 nitrogen and oxygen atoms in total. The molecule has 90 valence electrons. The first-order valence-electron chi connectivity index (χ1n) is 5.99. The Morgan fingerprint density at radius 2 is 2.12 bits per heavy atom. The monoisotopic (exact) mass is 223 g/mol. The SMILES string of the molecule is CC(C)CC(N)c1nnn2c1N(C)CCC2. The Morgan fingerprint density at radius 1 is 1.38 bits per heavy atom. The van der Waals surface area contributed by atoms with E-state index in [0.717, 1.165) is 37.4 Å². The molecule has 1 unspecified atom stereocenters. The summed E-state index contributed by atoms with van der Waals surface area (Å²) in [5.41, 5.74) is 7.14. The average Bonchev–Trinajstić information content (AvgIpc) is 2.61. The molecule has 0 spiro atoms. The largest absolute Gasteiger partial charge is 0.358 e. The molecule has 1 aliphatic heterocycles. The summed E-state index contributed by atoms with van der Waals surface area (Å²) in [6.45, 7) is 6.38. The average molecular weight is 223 g/mol. The third-order valence-corrected chi connectivity index (χ3v) is 3.04. The van der Waals surface area contributed by atoms with Crippen molar-refractivity contribution in [1.29, 1.82) is 0 Å². The van der Waals surface area contributed by atoms with Crippen LogP contribution in [0.1, 0.15) is 38.4 Å². The van der Waals surface area contributed by atoms with Crippen LogP contribution in [0.2, 0.25) is 0 Å². The zero-order chi connectivity index (χ0) is 11.7. The molecule has 0 bridgehead atoms. The lowest BCUT2D eigenvalue weighted by Crippen LogP contribution is -2.30. The van der Waals surface area contributed by atoms with Gasteiger partial charge in [0.15, 0.2) is 5.82 Å². The zero-order valence-corrected chi connectivity index (χ0v) is 10.3. The van der Waals surface area contributed by atoms with Crippen LogP contribution in [0, 0.1) is 5.92 Å². The van der Waals surface area contributed by atoms with Crippen LogP contribution in [-0.2, 0) is 6.54 Å². The molecular weight excluding hydrogens is 202 g/mol. The van der Waals surface area contributed by atoms with Crippen molar-refractivity contribution >= 4 is 5.82 Å². The smallest absolute Gasteiger partial charge is 0.152 e. The molecule has 1 aliphatic rings. The Labute approximate surface area is 96.6 Å². The van der Waals surface area contributed by atoms with Crippen molar-refractivity contribution in [3.8, 4) is 0 Å². The van der Waals surface area contributed by atoms with Crippen LogP contribution < -0.4 is 10.6 Å². The lowest BCUT2D eigenvalue weighted by Gasteiger charge is -2.26. The molecule has 0 saturated carbocycles. The normalized spacial score (nSPS) is 17.7. The molecule has 2 N–H and O–H groups in total. The second kappa shape index (κ2) is 4.41. The molecule has 0 amide bonds. The summed E-state index contributed by atoms with van der Waals surface area (Å²) < 4.78 is 1.97. The lowest BCUT2D eigenvalue weighted by molar-refractivity contribution is 0.500. The Balaban J connectivity index is 2.25. The summed E-state index contributed by atoms with van der Waals surface area (Å²) >= 11 is 0. The lowest BCUT2D eigenvalue weighted by atomic mass is 10.0. The van der Waals surface area contributed by atoms with Gasteiger partial charge in [0, 0.05) is 20.1 Å². The Kier molecular flexibility index (Phi) is 3.14. The quantitative estimate of drug-likeness (QED) is 0.835. The van der Waals surface area contributed by atoms with Gasteiger partial charge in [-0.25, -0.2) is 4.68 Å². The van der Waals surface area contributed by atoms with E-state index in [1.807, 2.05) is 4.68 Å². The molecule has 0 aromatic carbocycles. The first-order valence-corrected chi connectivity index (χ1v) is 5.99. The highest BCUT2D eigenvalue weighted by atomic mass is 15.5. The van der Waals surface area contributed by atoms with Gasteiger partial charge >= 0.3 is 0 Å². The number of nitrogens with zero attached hydrogens (tertiary/aromatic N) is 4. The van der Waals surface area contributed by atoms with Crippen LogP contribution in [-0.4, -0.2) is 28.6 Å². The molecule has 0 fully saturated rings. The van der Waals surface area contributed by atoms with Gasteiger partial charge in [-0.3, -0.25) is 0 Å². The Bertz CT molecular complexity index is 357. The van der Waals surface area contributed by atoms with Crippen LogP contribution in [0.3, 0.4) is 0 Å². The number of nitrogens with two attached hydrogens (primary N) is 1. The maximum Gasteiger partial charge on any atom is 0.152 e. The molecule has 2 heterocycles. The second-order valence-electron chi connectivity index (χ2n) is 5.03. The van der Waals surface area contributed by atoms with E-state index in [1.54, 1.807) is 0 Å². The summed E-state index contributed by atoms with van der Waals surface area (Å²) in [7, 11) is 2.08. The van der Waals surface area contributed by atoms with Crippen LogP contribution in [0.25, 0.3) is 0 Å². The number of rotatable bonds is 3. The van der Waals surface area contributed by atoms with E-state index in [9.17, 15) is 0 Å². The first-order chi connectivity index (χ1) is 7.59. The minimum atomic E-state index is 0.00398. The van der Waals surface area contributed by atoms with Crippen molar-refractivity contribution in [3.63, 3.8) is 0 Å². The molecule has 16 heavy (non-hydrogen) atoms. The number of aryl methyl sites for hydroxylation is 1. The highest BCUT2D eigenvalue weighted by molar-refractivity contribution is 5.45. The van der Waals surface area contributed by atoms with Gasteiger partial charge in [0.05, 0.1) is 6.04 Å². The zero-order valence-electron chi connectivity index (χ0n) is 10.3. The highest BCUT2D eigenvalue weighted by Crippen LogP contribution is 2.28. The first kappa shape index (κ1) is 11.4. The van der Waals surface area contributed by atoms with E-state index >= 15 is 0 Å². The predicted molar refractivity (Wildman–Crippen MR) is 64.3 cm³/mol. The highest BCUT2D eigenvalue weighted by Gasteiger charge is 2.24. The van der Waals surface area contributed by atoms with Crippen LogP contribution in [0.15, 0.2) is 0 Å². The molecule has 0 saturated heterocycles. The van der Waals surface area contributed by atoms with E-state index in [1.165, 1.54) is 0 Å². The summed E-state index contributed by atoms with van der Waals surface area (Å²) in [5.74, 6) is 1.70. The number of anilines is 1. The van der Waals surface area contributed by atoms with E-state index in [0.29, 0.717) is 5.92 Å². The summed E-state index contributed by atoms with van der Waals surface area (Å²) in [5, 5.41) is 8.43. The van der Waals surface area contributed by atoms with Gasteiger partial charge in [-0.2, -0.15) is 0 Å². The fraction of sp³-hybridized carbons (Fsp3) is 0.818. The van der Waals surface area contributed by atoms with Crippen molar-refractivity contribution in [2.24, 2.45) is 11.7 Å². The van der Waals surface area contributed by atoms with Gasteiger partial charge in [-0.1, -0.05) is 19.1 Å². The maximum absolute atomic E-state index is 6.18. The second-order valence-corrected chi connectivity index (χ2v) is 5.03. The van der Waals surface area contributed by atoms with Gasteiger partial charge in [-0.15, -0.1) is 5.10 Å². The standard InChI is InChI=1S/C11H21N5/c1-8(2)7-9(12)10-11-15(3)5-4-6-16(11)14-13-10/h8-9H,4-7,12H2,1-3H3. The number of fused-ring (bicyclic) bond motifs is 1. The van der Waals surface area contributed by atoms with Crippen LogP contribution >= 0.6 is 0 Å². The third kappa shape index (κ3) is 2.04. The van der Waals surface area contributed by atoms with Crippen molar-refractivity contribution in [3.05, 3.63) is 5.69 Å². The number of aromatic nitrogens is 3. The molecule has 1 atom stereocenters. The van der Waals surface area contributed by atoms with Crippen molar-refractivity contribution in [2.75, 3.05) is 18.5 Å². The molecular formula is C11H21N5. The fourth-order valence-corrected chi connectivity index (χ4v) is 2.29. The molecule has 0 radical (unpaired) electrons. The molecule has 1 aromatic rings. The fourth-order valence-electron chi connectivity index (χ4n) is 2.29. The topological polar surface area (TPSA) is 60.0 Å².